The van der Waals surface area contributed by atoms with Crippen molar-refractivity contribution in [2.45, 2.75) is 13.8 Å². The maximum Gasteiger partial charge on any atom is 0.337 e. The number of anilines is 1. The molecule has 160 valence electrons. The average Bonchev–Trinajstić information content (AvgIpc) is 3.00. The van der Waals surface area contributed by atoms with Gasteiger partial charge in [0.05, 0.1) is 16.8 Å². The molecule has 0 bridgehead atoms. The van der Waals surface area contributed by atoms with E-state index in [1.807, 2.05) is 55.6 Å². The Bertz CT molecular complexity index is 1180. The van der Waals surface area contributed by atoms with Crippen LogP contribution in [0, 0.1) is 13.8 Å². The Labute approximate surface area is 185 Å². The Balaban J connectivity index is 1.80. The van der Waals surface area contributed by atoms with Gasteiger partial charge < -0.3 is 14.6 Å². The second-order valence-electron chi connectivity index (χ2n) is 7.28. The Morgan fingerprint density at radius 2 is 1.87 bits per heavy atom. The number of aromatic carboxylic acids is 1. The Morgan fingerprint density at radius 1 is 1.13 bits per heavy atom. The summed E-state index contributed by atoms with van der Waals surface area (Å²) in [5.74, 6) is -1.37. The average molecular weight is 439 g/mol. The highest BCUT2D eigenvalue weighted by Gasteiger charge is 2.14. The SMILES string of the molecule is Cc1cc(/C=N\NC(=O)c2cccc(N(C)C)c2)c(C)n1-c1ccc(C(=O)O)c(Cl)c1. The van der Waals surface area contributed by atoms with Gasteiger partial charge in [0.1, 0.15) is 0 Å². The summed E-state index contributed by atoms with van der Waals surface area (Å²) < 4.78 is 1.95. The Hall–Kier alpha value is -3.58. The van der Waals surface area contributed by atoms with Crippen LogP contribution in [-0.4, -0.2) is 41.9 Å². The molecule has 0 saturated heterocycles. The van der Waals surface area contributed by atoms with E-state index in [1.165, 1.54) is 6.07 Å². The van der Waals surface area contributed by atoms with E-state index >= 15 is 0 Å². The number of hydrogen-bond donors (Lipinski definition) is 2. The first kappa shape index (κ1) is 22.1. The van der Waals surface area contributed by atoms with Crippen LogP contribution in [0.3, 0.4) is 0 Å². The summed E-state index contributed by atoms with van der Waals surface area (Å²) in [5, 5.41) is 13.4. The molecule has 7 nitrogen and oxygen atoms in total. The molecule has 31 heavy (non-hydrogen) atoms. The minimum Gasteiger partial charge on any atom is -0.478 e. The predicted molar refractivity (Wildman–Crippen MR) is 123 cm³/mol. The molecule has 0 saturated carbocycles. The number of hydrazone groups is 1. The maximum absolute atomic E-state index is 12.4. The molecule has 2 aromatic carbocycles. The van der Waals surface area contributed by atoms with Crippen molar-refractivity contribution in [2.75, 3.05) is 19.0 Å². The standard InChI is InChI=1S/C23H23ClN4O3/c1-14-10-17(13-25-26-22(29)16-6-5-7-18(11-16)27(3)4)15(2)28(14)19-8-9-20(23(30)31)21(24)12-19/h5-13H,1-4H3,(H,26,29)(H,30,31)/b25-13-. The first-order chi connectivity index (χ1) is 14.7. The lowest BCUT2D eigenvalue weighted by molar-refractivity contribution is 0.0696. The van der Waals surface area contributed by atoms with Crippen LogP contribution in [0.5, 0.6) is 0 Å². The molecular weight excluding hydrogens is 416 g/mol. The molecule has 0 aliphatic rings. The van der Waals surface area contributed by atoms with Gasteiger partial charge >= 0.3 is 5.97 Å². The van der Waals surface area contributed by atoms with Crippen molar-refractivity contribution in [1.82, 2.24) is 9.99 Å². The molecule has 8 heteroatoms. The summed E-state index contributed by atoms with van der Waals surface area (Å²) >= 11 is 6.12. The molecule has 0 fully saturated rings. The number of rotatable bonds is 6. The normalized spacial score (nSPS) is 11.0. The molecule has 1 aromatic heterocycles. The number of carbonyl (C=O) groups is 2. The van der Waals surface area contributed by atoms with Gasteiger partial charge in [-0.05, 0) is 56.3 Å². The third kappa shape index (κ3) is 4.78. The van der Waals surface area contributed by atoms with Gasteiger partial charge in [-0.1, -0.05) is 17.7 Å². The van der Waals surface area contributed by atoms with E-state index in [2.05, 4.69) is 10.5 Å². The molecule has 0 spiro atoms. The number of aromatic nitrogens is 1. The highest BCUT2D eigenvalue weighted by atomic mass is 35.5. The Morgan fingerprint density at radius 3 is 2.52 bits per heavy atom. The van der Waals surface area contributed by atoms with Crippen molar-refractivity contribution in [3.63, 3.8) is 0 Å². The monoisotopic (exact) mass is 438 g/mol. The number of carboxylic acid groups (broad SMARTS) is 1. The molecular formula is C23H23ClN4O3. The van der Waals surface area contributed by atoms with Gasteiger partial charge in [-0.3, -0.25) is 4.79 Å². The van der Waals surface area contributed by atoms with E-state index in [1.54, 1.807) is 30.5 Å². The van der Waals surface area contributed by atoms with Crippen molar-refractivity contribution in [3.05, 3.63) is 81.6 Å². The zero-order valence-electron chi connectivity index (χ0n) is 17.7. The predicted octanol–water partition coefficient (Wildman–Crippen LogP) is 4.28. The molecule has 2 N–H and O–H groups in total. The quantitative estimate of drug-likeness (QED) is 0.444. The molecule has 3 aromatic rings. The lowest BCUT2D eigenvalue weighted by Gasteiger charge is -2.12. The van der Waals surface area contributed by atoms with Gasteiger partial charge in [0, 0.05) is 48.0 Å². The van der Waals surface area contributed by atoms with Gasteiger partial charge in [0.15, 0.2) is 0 Å². The van der Waals surface area contributed by atoms with Crippen molar-refractivity contribution in [1.29, 1.82) is 0 Å². The van der Waals surface area contributed by atoms with Gasteiger partial charge in [-0.15, -0.1) is 0 Å². The number of carboxylic acids is 1. The van der Waals surface area contributed by atoms with Crippen LogP contribution in [0.25, 0.3) is 5.69 Å². The van der Waals surface area contributed by atoms with Gasteiger partial charge in [0.25, 0.3) is 5.91 Å². The molecule has 0 atom stereocenters. The third-order valence-corrected chi connectivity index (χ3v) is 5.22. The molecule has 0 unspecified atom stereocenters. The lowest BCUT2D eigenvalue weighted by Crippen LogP contribution is -2.18. The first-order valence-corrected chi connectivity index (χ1v) is 9.89. The molecule has 3 rings (SSSR count). The van der Waals surface area contributed by atoms with Gasteiger partial charge in [0.2, 0.25) is 0 Å². The largest absolute Gasteiger partial charge is 0.478 e. The molecule has 0 aliphatic heterocycles. The lowest BCUT2D eigenvalue weighted by atomic mass is 10.2. The Kier molecular flexibility index (Phi) is 6.46. The highest BCUT2D eigenvalue weighted by molar-refractivity contribution is 6.33. The van der Waals surface area contributed by atoms with Crippen LogP contribution >= 0.6 is 11.6 Å². The van der Waals surface area contributed by atoms with Gasteiger partial charge in [-0.2, -0.15) is 5.10 Å². The summed E-state index contributed by atoms with van der Waals surface area (Å²) in [7, 11) is 3.82. The van der Waals surface area contributed by atoms with Crippen LogP contribution in [-0.2, 0) is 0 Å². The summed E-state index contributed by atoms with van der Waals surface area (Å²) in [6.45, 7) is 3.84. The second-order valence-corrected chi connectivity index (χ2v) is 7.68. The third-order valence-electron chi connectivity index (χ3n) is 4.91. The van der Waals surface area contributed by atoms with E-state index < -0.39 is 5.97 Å². The van der Waals surface area contributed by atoms with Crippen LogP contribution in [0.4, 0.5) is 5.69 Å². The number of benzene rings is 2. The van der Waals surface area contributed by atoms with Crippen LogP contribution in [0.15, 0.2) is 53.6 Å². The fourth-order valence-corrected chi connectivity index (χ4v) is 3.54. The number of halogens is 1. The zero-order chi connectivity index (χ0) is 22.7. The van der Waals surface area contributed by atoms with Crippen LogP contribution in [0.1, 0.15) is 37.7 Å². The summed E-state index contributed by atoms with van der Waals surface area (Å²) in [6, 6.07) is 14.0. The highest BCUT2D eigenvalue weighted by Crippen LogP contribution is 2.25. The number of carbonyl (C=O) groups excluding carboxylic acids is 1. The first-order valence-electron chi connectivity index (χ1n) is 9.52. The summed E-state index contributed by atoms with van der Waals surface area (Å²) in [4.78, 5) is 25.5. The maximum atomic E-state index is 12.4. The minimum atomic E-state index is -1.07. The van der Waals surface area contributed by atoms with Crippen LogP contribution in [0.2, 0.25) is 5.02 Å². The van der Waals surface area contributed by atoms with Crippen molar-refractivity contribution in [3.8, 4) is 5.69 Å². The fourth-order valence-electron chi connectivity index (χ4n) is 3.28. The fraction of sp³-hybridized carbons (Fsp3) is 0.174. The smallest absolute Gasteiger partial charge is 0.337 e. The van der Waals surface area contributed by atoms with E-state index in [0.717, 1.165) is 28.3 Å². The summed E-state index contributed by atoms with van der Waals surface area (Å²) in [6.07, 6.45) is 1.58. The number of nitrogens with one attached hydrogen (secondary N) is 1. The van der Waals surface area contributed by atoms with Gasteiger partial charge in [-0.25, -0.2) is 10.2 Å². The number of amides is 1. The number of aryl methyl sites for hydroxylation is 1. The molecule has 1 heterocycles. The van der Waals surface area contributed by atoms with E-state index in [9.17, 15) is 9.59 Å². The van der Waals surface area contributed by atoms with E-state index in [0.29, 0.717) is 5.56 Å². The van der Waals surface area contributed by atoms with Crippen LogP contribution < -0.4 is 10.3 Å². The molecule has 0 radical (unpaired) electrons. The topological polar surface area (TPSA) is 86.9 Å². The van der Waals surface area contributed by atoms with E-state index in [4.69, 9.17) is 16.7 Å². The second kappa shape index (κ2) is 9.06. The number of nitrogens with zero attached hydrogens (tertiary/aromatic N) is 3. The van der Waals surface area contributed by atoms with Crippen molar-refractivity contribution >= 4 is 35.4 Å². The van der Waals surface area contributed by atoms with E-state index in [-0.39, 0.29) is 16.5 Å². The minimum absolute atomic E-state index is 0.0516. The van der Waals surface area contributed by atoms with Crippen molar-refractivity contribution < 1.29 is 14.7 Å². The zero-order valence-corrected chi connectivity index (χ0v) is 18.4. The number of hydrogen-bond acceptors (Lipinski definition) is 4. The molecule has 0 aliphatic carbocycles. The molecule has 1 amide bonds. The van der Waals surface area contributed by atoms with Crippen molar-refractivity contribution in [2.24, 2.45) is 5.10 Å². The summed E-state index contributed by atoms with van der Waals surface area (Å²) in [5.41, 5.74) is 7.41.